The molecule has 0 bridgehead atoms. The summed E-state index contributed by atoms with van der Waals surface area (Å²) in [7, 11) is -3.31. The lowest BCUT2D eigenvalue weighted by atomic mass is 10.1. The van der Waals surface area contributed by atoms with Gasteiger partial charge in [-0.05, 0) is 25.1 Å². The van der Waals surface area contributed by atoms with Crippen LogP contribution in [0, 0.1) is 12.7 Å². The summed E-state index contributed by atoms with van der Waals surface area (Å²) in [6, 6.07) is 11.6. The zero-order chi connectivity index (χ0) is 15.5. The van der Waals surface area contributed by atoms with Gasteiger partial charge < -0.3 is 5.32 Å². The fourth-order valence-corrected chi connectivity index (χ4v) is 3.14. The maximum atomic E-state index is 13.7. The Kier molecular flexibility index (Phi) is 4.63. The molecule has 2 aromatic rings. The topological polar surface area (TPSA) is 46.2 Å². The highest BCUT2D eigenvalue weighted by Gasteiger charge is 2.16. The van der Waals surface area contributed by atoms with Crippen LogP contribution in [0.3, 0.4) is 0 Å². The number of anilines is 1. The monoisotopic (exact) mass is 307 g/mol. The molecule has 0 heterocycles. The average molecular weight is 307 g/mol. The minimum absolute atomic E-state index is 0.0322. The van der Waals surface area contributed by atoms with Gasteiger partial charge >= 0.3 is 0 Å². The van der Waals surface area contributed by atoms with E-state index < -0.39 is 9.84 Å². The molecule has 0 aliphatic rings. The van der Waals surface area contributed by atoms with Crippen molar-refractivity contribution in [3.05, 3.63) is 59.4 Å². The highest BCUT2D eigenvalue weighted by Crippen LogP contribution is 2.23. The third-order valence-electron chi connectivity index (χ3n) is 3.27. The van der Waals surface area contributed by atoms with Gasteiger partial charge in [0.1, 0.15) is 5.82 Å². The van der Waals surface area contributed by atoms with Crippen molar-refractivity contribution in [2.75, 3.05) is 11.1 Å². The van der Waals surface area contributed by atoms with Crippen molar-refractivity contribution < 1.29 is 12.8 Å². The second-order valence-electron chi connectivity index (χ2n) is 4.85. The summed E-state index contributed by atoms with van der Waals surface area (Å²) in [5, 5.41) is 3.02. The van der Waals surface area contributed by atoms with Crippen LogP contribution in [-0.4, -0.2) is 14.2 Å². The third-order valence-corrected chi connectivity index (χ3v) is 5.06. The smallest absolute Gasteiger partial charge is 0.180 e. The highest BCUT2D eigenvalue weighted by molar-refractivity contribution is 7.91. The molecule has 1 N–H and O–H groups in total. The van der Waals surface area contributed by atoms with Gasteiger partial charge in [-0.3, -0.25) is 0 Å². The average Bonchev–Trinajstić information content (AvgIpc) is 2.48. The number of aryl methyl sites for hydroxylation is 1. The van der Waals surface area contributed by atoms with Crippen LogP contribution in [0.5, 0.6) is 0 Å². The zero-order valence-corrected chi connectivity index (χ0v) is 12.9. The number of para-hydroxylation sites is 1. The molecular formula is C16H18FNO2S. The predicted molar refractivity (Wildman–Crippen MR) is 82.6 cm³/mol. The molecule has 0 radical (unpaired) electrons. The molecule has 0 aromatic heterocycles. The van der Waals surface area contributed by atoms with Gasteiger partial charge in [0.15, 0.2) is 9.84 Å². The van der Waals surface area contributed by atoms with Crippen LogP contribution in [-0.2, 0) is 16.4 Å². The lowest BCUT2D eigenvalue weighted by Gasteiger charge is -2.12. The summed E-state index contributed by atoms with van der Waals surface area (Å²) in [6.45, 7) is 3.73. The van der Waals surface area contributed by atoms with Gasteiger partial charge in [0, 0.05) is 12.1 Å². The summed E-state index contributed by atoms with van der Waals surface area (Å²) >= 11 is 0. The number of rotatable bonds is 5. The van der Waals surface area contributed by atoms with Crippen LogP contribution < -0.4 is 5.32 Å². The predicted octanol–water partition coefficient (Wildman–Crippen LogP) is 3.54. The second kappa shape index (κ2) is 6.26. The molecule has 2 aromatic carbocycles. The second-order valence-corrected chi connectivity index (χ2v) is 7.09. The van der Waals surface area contributed by atoms with E-state index >= 15 is 0 Å². The molecule has 0 unspecified atom stereocenters. The van der Waals surface area contributed by atoms with Crippen molar-refractivity contribution in [2.45, 2.75) is 25.3 Å². The molecule has 0 aliphatic carbocycles. The molecule has 0 amide bonds. The normalized spacial score (nSPS) is 11.4. The number of halogens is 1. The van der Waals surface area contributed by atoms with Crippen molar-refractivity contribution >= 4 is 15.5 Å². The molecule has 112 valence electrons. The Balaban J connectivity index is 2.27. The summed E-state index contributed by atoms with van der Waals surface area (Å²) in [6.07, 6.45) is 0. The molecule has 5 heteroatoms. The summed E-state index contributed by atoms with van der Waals surface area (Å²) in [5.41, 5.74) is 1.97. The first-order valence-corrected chi connectivity index (χ1v) is 8.40. The maximum Gasteiger partial charge on any atom is 0.180 e. The first-order chi connectivity index (χ1) is 9.94. The Labute approximate surface area is 124 Å². The van der Waals surface area contributed by atoms with Gasteiger partial charge in [-0.1, -0.05) is 36.8 Å². The fourth-order valence-electron chi connectivity index (χ4n) is 2.07. The van der Waals surface area contributed by atoms with Gasteiger partial charge in [0.05, 0.1) is 16.3 Å². The molecule has 21 heavy (non-hydrogen) atoms. The van der Waals surface area contributed by atoms with E-state index in [2.05, 4.69) is 5.32 Å². The number of hydrogen-bond acceptors (Lipinski definition) is 3. The number of nitrogens with one attached hydrogen (secondary N) is 1. The van der Waals surface area contributed by atoms with Gasteiger partial charge in [0.2, 0.25) is 0 Å². The van der Waals surface area contributed by atoms with E-state index in [0.29, 0.717) is 11.3 Å². The fraction of sp³-hybridized carbons (Fsp3) is 0.250. The highest BCUT2D eigenvalue weighted by atomic mass is 32.2. The van der Waals surface area contributed by atoms with E-state index in [-0.39, 0.29) is 23.0 Å². The van der Waals surface area contributed by atoms with Crippen LogP contribution in [0.1, 0.15) is 18.1 Å². The van der Waals surface area contributed by atoms with Crippen molar-refractivity contribution in [1.29, 1.82) is 0 Å². The standard InChI is InChI=1S/C16H18FNO2S/c1-3-21(19,20)16-7-5-4-6-15(16)18-11-13-10-12(2)8-9-14(13)17/h4-10,18H,3,11H2,1-2H3. The molecule has 0 aliphatic heterocycles. The Morgan fingerprint density at radius 1 is 1.14 bits per heavy atom. The van der Waals surface area contributed by atoms with E-state index in [4.69, 9.17) is 0 Å². The van der Waals surface area contributed by atoms with Crippen molar-refractivity contribution in [3.8, 4) is 0 Å². The minimum atomic E-state index is -3.31. The van der Waals surface area contributed by atoms with Crippen molar-refractivity contribution in [1.82, 2.24) is 0 Å². The van der Waals surface area contributed by atoms with E-state index in [1.165, 1.54) is 6.07 Å². The quantitative estimate of drug-likeness (QED) is 0.919. The number of sulfone groups is 1. The Morgan fingerprint density at radius 3 is 2.57 bits per heavy atom. The summed E-state index contributed by atoms with van der Waals surface area (Å²) in [4.78, 5) is 0.251. The zero-order valence-electron chi connectivity index (χ0n) is 12.1. The van der Waals surface area contributed by atoms with E-state index in [0.717, 1.165) is 5.56 Å². The molecule has 0 atom stereocenters. The van der Waals surface area contributed by atoms with Gasteiger partial charge in [-0.15, -0.1) is 0 Å². The third kappa shape index (κ3) is 3.61. The van der Waals surface area contributed by atoms with E-state index in [9.17, 15) is 12.8 Å². The molecule has 0 saturated carbocycles. The summed E-state index contributed by atoms with van der Waals surface area (Å²) in [5.74, 6) is -0.270. The van der Waals surface area contributed by atoms with E-state index in [1.54, 1.807) is 43.3 Å². The summed E-state index contributed by atoms with van der Waals surface area (Å²) < 4.78 is 37.8. The molecule has 0 fully saturated rings. The molecular weight excluding hydrogens is 289 g/mol. The van der Waals surface area contributed by atoms with Crippen LogP contribution in [0.2, 0.25) is 0 Å². The van der Waals surface area contributed by atoms with Crippen LogP contribution in [0.15, 0.2) is 47.4 Å². The van der Waals surface area contributed by atoms with Crippen molar-refractivity contribution in [2.24, 2.45) is 0 Å². The number of benzene rings is 2. The van der Waals surface area contributed by atoms with E-state index in [1.807, 2.05) is 6.92 Å². The molecule has 2 rings (SSSR count). The lowest BCUT2D eigenvalue weighted by molar-refractivity contribution is 0.597. The number of hydrogen-bond donors (Lipinski definition) is 1. The van der Waals surface area contributed by atoms with Crippen molar-refractivity contribution in [3.63, 3.8) is 0 Å². The first-order valence-electron chi connectivity index (χ1n) is 6.74. The van der Waals surface area contributed by atoms with Crippen LogP contribution in [0.25, 0.3) is 0 Å². The lowest BCUT2D eigenvalue weighted by Crippen LogP contribution is -2.09. The Hall–Kier alpha value is -1.88. The molecule has 3 nitrogen and oxygen atoms in total. The van der Waals surface area contributed by atoms with Gasteiger partial charge in [0.25, 0.3) is 0 Å². The first kappa shape index (κ1) is 15.5. The van der Waals surface area contributed by atoms with Crippen LogP contribution >= 0.6 is 0 Å². The largest absolute Gasteiger partial charge is 0.380 e. The maximum absolute atomic E-state index is 13.7. The molecule has 0 spiro atoms. The SMILES string of the molecule is CCS(=O)(=O)c1ccccc1NCc1cc(C)ccc1F. The Bertz CT molecular complexity index is 742. The van der Waals surface area contributed by atoms with Gasteiger partial charge in [-0.2, -0.15) is 0 Å². The molecule has 0 saturated heterocycles. The minimum Gasteiger partial charge on any atom is -0.380 e. The van der Waals surface area contributed by atoms with Gasteiger partial charge in [-0.25, -0.2) is 12.8 Å². The van der Waals surface area contributed by atoms with Crippen LogP contribution in [0.4, 0.5) is 10.1 Å². The Morgan fingerprint density at radius 2 is 1.86 bits per heavy atom.